The standard InChI is InChI=1S/C25H35NO2/c1-15(6-4-5-13-26)17-7-8-18-21-19(10-12-24(17,18)2)25(3)11-9-16(27)14-20(25)22-23(21)28-22/h14-15,17-19,21-23H,4-12H2,1-3H3/t15?,17-,18+,19+,21+,22-,23+,24-,25-/m1/s1. The second kappa shape index (κ2) is 6.43. The van der Waals surface area contributed by atoms with Crippen molar-refractivity contribution in [2.24, 2.45) is 40.4 Å². The molecule has 9 atom stereocenters. The van der Waals surface area contributed by atoms with E-state index in [1.165, 1.54) is 37.7 Å². The number of carbonyl (C=O) groups excluding carboxylic acids is 1. The van der Waals surface area contributed by atoms with Crippen LogP contribution in [0.4, 0.5) is 0 Å². The van der Waals surface area contributed by atoms with Crippen molar-refractivity contribution < 1.29 is 9.53 Å². The molecule has 0 aromatic carbocycles. The van der Waals surface area contributed by atoms with E-state index in [4.69, 9.17) is 10.00 Å². The summed E-state index contributed by atoms with van der Waals surface area (Å²) in [5.41, 5.74) is 1.97. The van der Waals surface area contributed by atoms with Crippen molar-refractivity contribution in [3.63, 3.8) is 0 Å². The molecule has 0 aromatic rings. The molecule has 1 heterocycles. The Bertz CT molecular complexity index is 750. The molecular weight excluding hydrogens is 346 g/mol. The summed E-state index contributed by atoms with van der Waals surface area (Å²) in [6.45, 7) is 7.47. The van der Waals surface area contributed by atoms with E-state index in [1.807, 2.05) is 6.08 Å². The number of unbranched alkanes of at least 4 members (excludes halogenated alkanes) is 1. The lowest BCUT2D eigenvalue weighted by molar-refractivity contribution is -0.117. The van der Waals surface area contributed by atoms with Crippen molar-refractivity contribution in [1.82, 2.24) is 0 Å². The number of ether oxygens (including phenoxy) is 1. The van der Waals surface area contributed by atoms with Crippen molar-refractivity contribution in [1.29, 1.82) is 5.26 Å². The molecule has 5 aliphatic rings. The summed E-state index contributed by atoms with van der Waals surface area (Å²) in [4.78, 5) is 12.1. The summed E-state index contributed by atoms with van der Waals surface area (Å²) >= 11 is 0. The van der Waals surface area contributed by atoms with E-state index in [-0.39, 0.29) is 11.5 Å². The van der Waals surface area contributed by atoms with Crippen LogP contribution in [0.5, 0.6) is 0 Å². The second-order valence-corrected chi connectivity index (χ2v) is 11.1. The number of hydrogen-bond donors (Lipinski definition) is 0. The fourth-order valence-electron chi connectivity index (χ4n) is 8.49. The van der Waals surface area contributed by atoms with Crippen LogP contribution < -0.4 is 0 Å². The summed E-state index contributed by atoms with van der Waals surface area (Å²) in [7, 11) is 0. The predicted octanol–water partition coefficient (Wildman–Crippen LogP) is 5.45. The largest absolute Gasteiger partial charge is 0.365 e. The van der Waals surface area contributed by atoms with Gasteiger partial charge in [-0.05, 0) is 97.0 Å². The maximum atomic E-state index is 12.1. The second-order valence-electron chi connectivity index (χ2n) is 11.1. The molecule has 4 fully saturated rings. The quantitative estimate of drug-likeness (QED) is 0.480. The molecular formula is C25H35NO2. The molecule has 0 bridgehead atoms. The molecule has 28 heavy (non-hydrogen) atoms. The molecule has 0 spiro atoms. The molecule has 0 aromatic heterocycles. The lowest BCUT2D eigenvalue weighted by Crippen LogP contribution is -2.53. The van der Waals surface area contributed by atoms with Gasteiger partial charge in [0.15, 0.2) is 5.78 Å². The molecule has 3 nitrogen and oxygen atoms in total. The van der Waals surface area contributed by atoms with Gasteiger partial charge in [0, 0.05) is 12.8 Å². The zero-order chi connectivity index (χ0) is 19.7. The van der Waals surface area contributed by atoms with Crippen LogP contribution >= 0.6 is 0 Å². The van der Waals surface area contributed by atoms with Crippen molar-refractivity contribution in [3.8, 4) is 6.07 Å². The number of rotatable bonds is 4. The highest BCUT2D eigenvalue weighted by Crippen LogP contribution is 2.70. The van der Waals surface area contributed by atoms with Crippen LogP contribution in [0.3, 0.4) is 0 Å². The smallest absolute Gasteiger partial charge is 0.155 e. The summed E-state index contributed by atoms with van der Waals surface area (Å²) < 4.78 is 6.30. The fraction of sp³-hybridized carbons (Fsp3) is 0.840. The number of carbonyl (C=O) groups is 1. The third-order valence-corrected chi connectivity index (χ3v) is 9.94. The average Bonchev–Trinajstić information content (AvgIpc) is 3.37. The van der Waals surface area contributed by atoms with E-state index >= 15 is 0 Å². The van der Waals surface area contributed by atoms with Gasteiger partial charge < -0.3 is 4.74 Å². The third-order valence-electron chi connectivity index (χ3n) is 9.94. The molecule has 152 valence electrons. The zero-order valence-corrected chi connectivity index (χ0v) is 17.7. The van der Waals surface area contributed by atoms with Crippen molar-refractivity contribution in [2.45, 2.75) is 90.8 Å². The molecule has 5 rings (SSSR count). The Balaban J connectivity index is 1.40. The highest BCUT2D eigenvalue weighted by atomic mass is 16.6. The minimum Gasteiger partial charge on any atom is -0.365 e. The Morgan fingerprint density at radius 2 is 2.07 bits per heavy atom. The molecule has 4 aliphatic carbocycles. The van der Waals surface area contributed by atoms with Gasteiger partial charge in [-0.25, -0.2) is 0 Å². The van der Waals surface area contributed by atoms with E-state index in [0.29, 0.717) is 35.6 Å². The monoisotopic (exact) mass is 381 g/mol. The van der Waals surface area contributed by atoms with Crippen LogP contribution in [-0.4, -0.2) is 18.0 Å². The zero-order valence-electron chi connectivity index (χ0n) is 17.7. The van der Waals surface area contributed by atoms with Crippen molar-refractivity contribution in [3.05, 3.63) is 11.6 Å². The van der Waals surface area contributed by atoms with Crippen LogP contribution in [0.1, 0.15) is 78.6 Å². The Kier molecular flexibility index (Phi) is 4.33. The first-order chi connectivity index (χ1) is 13.4. The summed E-state index contributed by atoms with van der Waals surface area (Å²) in [5, 5.41) is 8.89. The van der Waals surface area contributed by atoms with Crippen molar-refractivity contribution in [2.75, 3.05) is 0 Å². The number of epoxide rings is 1. The Morgan fingerprint density at radius 3 is 2.86 bits per heavy atom. The van der Waals surface area contributed by atoms with E-state index in [9.17, 15) is 4.79 Å². The summed E-state index contributed by atoms with van der Waals surface area (Å²) in [5.74, 6) is 4.00. The van der Waals surface area contributed by atoms with Crippen LogP contribution in [0.2, 0.25) is 0 Å². The van der Waals surface area contributed by atoms with E-state index in [0.717, 1.165) is 37.0 Å². The normalized spacial score (nSPS) is 49.8. The number of nitrogens with zero attached hydrogens (tertiary/aromatic N) is 1. The SMILES string of the molecule is CC(CCCC#N)[C@H]1CC[C@H]2[C@@H]3[C@@H]4O[C@@H]4C4=CC(=O)CC[C@]4(C)[C@H]3CC[C@]12C. The van der Waals surface area contributed by atoms with E-state index in [2.05, 4.69) is 26.8 Å². The van der Waals surface area contributed by atoms with Crippen LogP contribution in [-0.2, 0) is 9.53 Å². The molecule has 3 heteroatoms. The first-order valence-corrected chi connectivity index (χ1v) is 11.7. The average molecular weight is 382 g/mol. The summed E-state index contributed by atoms with van der Waals surface area (Å²) in [6.07, 6.45) is 12.6. The van der Waals surface area contributed by atoms with Crippen LogP contribution in [0.15, 0.2) is 11.6 Å². The van der Waals surface area contributed by atoms with E-state index in [1.54, 1.807) is 0 Å². The molecule has 0 radical (unpaired) electrons. The van der Waals surface area contributed by atoms with Crippen molar-refractivity contribution >= 4 is 5.78 Å². The van der Waals surface area contributed by atoms with Crippen LogP contribution in [0, 0.1) is 51.8 Å². The summed E-state index contributed by atoms with van der Waals surface area (Å²) in [6, 6.07) is 2.32. The lowest BCUT2D eigenvalue weighted by atomic mass is 9.46. The van der Waals surface area contributed by atoms with Gasteiger partial charge in [0.2, 0.25) is 0 Å². The van der Waals surface area contributed by atoms with Gasteiger partial charge in [0.1, 0.15) is 6.10 Å². The highest BCUT2D eigenvalue weighted by Gasteiger charge is 2.69. The van der Waals surface area contributed by atoms with E-state index < -0.39 is 0 Å². The Morgan fingerprint density at radius 1 is 1.25 bits per heavy atom. The molecule has 3 saturated carbocycles. The van der Waals surface area contributed by atoms with Crippen LogP contribution in [0.25, 0.3) is 0 Å². The minimum absolute atomic E-state index is 0.189. The molecule has 1 saturated heterocycles. The molecule has 1 unspecified atom stereocenters. The highest BCUT2D eigenvalue weighted by molar-refractivity contribution is 5.92. The minimum atomic E-state index is 0.189. The Hall–Kier alpha value is -1.14. The number of nitriles is 1. The van der Waals surface area contributed by atoms with Gasteiger partial charge in [-0.1, -0.05) is 20.8 Å². The van der Waals surface area contributed by atoms with Gasteiger partial charge in [-0.3, -0.25) is 4.79 Å². The first kappa shape index (κ1) is 18.9. The van der Waals surface area contributed by atoms with Gasteiger partial charge in [-0.2, -0.15) is 5.26 Å². The van der Waals surface area contributed by atoms with Gasteiger partial charge in [0.05, 0.1) is 12.2 Å². The topological polar surface area (TPSA) is 53.4 Å². The van der Waals surface area contributed by atoms with Gasteiger partial charge >= 0.3 is 0 Å². The van der Waals surface area contributed by atoms with Gasteiger partial charge in [0.25, 0.3) is 0 Å². The van der Waals surface area contributed by atoms with Gasteiger partial charge in [-0.15, -0.1) is 0 Å². The lowest BCUT2D eigenvalue weighted by Gasteiger charge is -2.57. The predicted molar refractivity (Wildman–Crippen MR) is 108 cm³/mol. The molecule has 0 amide bonds. The first-order valence-electron chi connectivity index (χ1n) is 11.7. The maximum Gasteiger partial charge on any atom is 0.155 e. The Labute approximate surface area is 169 Å². The number of hydrogen-bond acceptors (Lipinski definition) is 3. The maximum absolute atomic E-state index is 12.1. The number of fused-ring (bicyclic) bond motifs is 8. The fourth-order valence-corrected chi connectivity index (χ4v) is 8.49. The number of ketones is 1. The molecule has 0 N–H and O–H groups in total. The molecule has 1 aliphatic heterocycles. The third kappa shape index (κ3) is 2.53.